The van der Waals surface area contributed by atoms with E-state index in [1.807, 2.05) is 18.2 Å². The zero-order chi connectivity index (χ0) is 15.6. The zero-order valence-electron chi connectivity index (χ0n) is 11.3. The molecule has 0 bridgehead atoms. The standard InChI is InChI=1S/C14H13N3O4S/c15-22(18,19)13-8-4-7-12(14(13)17-9-10-20-16-17)21-11-5-2-1-3-6-11/h1-10,16H,(H2,15,18,19). The zero-order valence-corrected chi connectivity index (χ0v) is 12.2. The summed E-state index contributed by atoms with van der Waals surface area (Å²) in [6, 6.07) is 13.6. The number of primary sulfonamides is 1. The number of rotatable bonds is 4. The van der Waals surface area contributed by atoms with Crippen LogP contribution in [-0.4, -0.2) is 8.42 Å². The quantitative estimate of drug-likeness (QED) is 0.893. The van der Waals surface area contributed by atoms with Gasteiger partial charge in [0.1, 0.15) is 22.6 Å². The number of anilines is 1. The Labute approximate surface area is 127 Å². The molecule has 0 radical (unpaired) electrons. The van der Waals surface area contributed by atoms with Crippen molar-refractivity contribution in [1.82, 2.24) is 5.59 Å². The Morgan fingerprint density at radius 3 is 2.50 bits per heavy atom. The maximum Gasteiger partial charge on any atom is 0.240 e. The molecule has 0 aromatic heterocycles. The molecule has 1 aliphatic heterocycles. The van der Waals surface area contributed by atoms with Gasteiger partial charge in [0, 0.05) is 0 Å². The van der Waals surface area contributed by atoms with Crippen LogP contribution in [0.3, 0.4) is 0 Å². The highest BCUT2D eigenvalue weighted by molar-refractivity contribution is 7.89. The molecule has 0 aliphatic carbocycles. The van der Waals surface area contributed by atoms with Gasteiger partial charge in [0.05, 0.1) is 6.20 Å². The van der Waals surface area contributed by atoms with Gasteiger partial charge in [-0.1, -0.05) is 29.9 Å². The lowest BCUT2D eigenvalue weighted by atomic mass is 10.2. The molecule has 22 heavy (non-hydrogen) atoms. The first kappa shape index (κ1) is 14.4. The first-order valence-electron chi connectivity index (χ1n) is 6.31. The van der Waals surface area contributed by atoms with Crippen molar-refractivity contribution in [1.29, 1.82) is 0 Å². The number of hydrogen-bond acceptors (Lipinski definition) is 6. The van der Waals surface area contributed by atoms with Crippen LogP contribution in [0.15, 0.2) is 65.9 Å². The van der Waals surface area contributed by atoms with Crippen molar-refractivity contribution in [3.63, 3.8) is 0 Å². The number of nitrogens with one attached hydrogen (secondary N) is 1. The van der Waals surface area contributed by atoms with Gasteiger partial charge in [0.2, 0.25) is 10.0 Å². The highest BCUT2D eigenvalue weighted by Gasteiger charge is 2.24. The average molecular weight is 319 g/mol. The predicted octanol–water partition coefficient (Wildman–Crippen LogP) is 1.85. The highest BCUT2D eigenvalue weighted by Crippen LogP contribution is 2.37. The minimum absolute atomic E-state index is 0.0800. The van der Waals surface area contributed by atoms with E-state index in [-0.39, 0.29) is 10.6 Å². The Kier molecular flexibility index (Phi) is 3.72. The number of ether oxygens (including phenoxy) is 1. The second-order valence-electron chi connectivity index (χ2n) is 4.43. The molecule has 0 fully saturated rings. The second-order valence-corrected chi connectivity index (χ2v) is 5.96. The van der Waals surface area contributed by atoms with Crippen LogP contribution >= 0.6 is 0 Å². The fraction of sp³-hybridized carbons (Fsp3) is 0. The van der Waals surface area contributed by atoms with Crippen LogP contribution < -0.4 is 20.5 Å². The monoisotopic (exact) mass is 319 g/mol. The van der Waals surface area contributed by atoms with Crippen molar-refractivity contribution >= 4 is 15.7 Å². The van der Waals surface area contributed by atoms with Crippen molar-refractivity contribution in [2.75, 3.05) is 5.01 Å². The van der Waals surface area contributed by atoms with E-state index in [1.165, 1.54) is 23.5 Å². The molecule has 0 saturated carbocycles. The van der Waals surface area contributed by atoms with Gasteiger partial charge in [-0.25, -0.2) is 18.6 Å². The molecular weight excluding hydrogens is 306 g/mol. The molecule has 114 valence electrons. The molecule has 2 aromatic carbocycles. The summed E-state index contributed by atoms with van der Waals surface area (Å²) >= 11 is 0. The molecule has 1 aliphatic rings. The maximum atomic E-state index is 11.8. The van der Waals surface area contributed by atoms with Crippen LogP contribution in [0.5, 0.6) is 11.5 Å². The van der Waals surface area contributed by atoms with E-state index in [4.69, 9.17) is 14.7 Å². The Bertz CT molecular complexity index is 806. The van der Waals surface area contributed by atoms with E-state index in [9.17, 15) is 8.42 Å². The predicted molar refractivity (Wildman–Crippen MR) is 80.2 cm³/mol. The summed E-state index contributed by atoms with van der Waals surface area (Å²) in [7, 11) is -3.94. The molecule has 3 rings (SSSR count). The maximum absolute atomic E-state index is 11.8. The lowest BCUT2D eigenvalue weighted by Crippen LogP contribution is -2.29. The molecule has 0 atom stereocenters. The number of para-hydroxylation sites is 2. The number of hydrazine groups is 1. The molecule has 1 heterocycles. The summed E-state index contributed by atoms with van der Waals surface area (Å²) in [6.07, 6.45) is 2.88. The van der Waals surface area contributed by atoms with Crippen LogP contribution in [0.4, 0.5) is 5.69 Å². The fourth-order valence-electron chi connectivity index (χ4n) is 2.00. The fourth-order valence-corrected chi connectivity index (χ4v) is 2.73. The number of nitrogens with zero attached hydrogens (tertiary/aromatic N) is 1. The van der Waals surface area contributed by atoms with Gasteiger partial charge < -0.3 is 9.57 Å². The molecule has 0 saturated heterocycles. The number of nitrogens with two attached hydrogens (primary N) is 1. The van der Waals surface area contributed by atoms with Crippen LogP contribution in [0.25, 0.3) is 0 Å². The van der Waals surface area contributed by atoms with Crippen LogP contribution in [-0.2, 0) is 14.9 Å². The first-order valence-corrected chi connectivity index (χ1v) is 7.86. The Morgan fingerprint density at radius 1 is 1.09 bits per heavy atom. The third-order valence-electron chi connectivity index (χ3n) is 2.91. The molecule has 3 N–H and O–H groups in total. The SMILES string of the molecule is NS(=O)(=O)c1cccc(Oc2ccccc2)c1N1C=CON1. The average Bonchev–Trinajstić information content (AvgIpc) is 3.01. The molecule has 0 amide bonds. The third kappa shape index (κ3) is 2.89. The van der Waals surface area contributed by atoms with Gasteiger partial charge in [-0.05, 0) is 24.3 Å². The van der Waals surface area contributed by atoms with Crippen molar-refractivity contribution < 1.29 is 18.0 Å². The molecule has 0 spiro atoms. The Morgan fingerprint density at radius 2 is 1.86 bits per heavy atom. The van der Waals surface area contributed by atoms with E-state index in [0.717, 1.165) is 0 Å². The number of hydrogen-bond donors (Lipinski definition) is 2. The van der Waals surface area contributed by atoms with Crippen LogP contribution in [0.2, 0.25) is 0 Å². The van der Waals surface area contributed by atoms with E-state index < -0.39 is 10.0 Å². The van der Waals surface area contributed by atoms with Gasteiger partial charge in [-0.3, -0.25) is 0 Å². The molecule has 7 nitrogen and oxygen atoms in total. The highest BCUT2D eigenvalue weighted by atomic mass is 32.2. The second kappa shape index (κ2) is 5.68. The van der Waals surface area contributed by atoms with E-state index >= 15 is 0 Å². The topological polar surface area (TPSA) is 93.9 Å². The Hall–Kier alpha value is -2.55. The number of sulfonamides is 1. The molecule has 2 aromatic rings. The van der Waals surface area contributed by atoms with Gasteiger partial charge in [0.25, 0.3) is 0 Å². The van der Waals surface area contributed by atoms with Crippen LogP contribution in [0, 0.1) is 0 Å². The Balaban J connectivity index is 2.11. The van der Waals surface area contributed by atoms with E-state index in [0.29, 0.717) is 11.5 Å². The summed E-state index contributed by atoms with van der Waals surface area (Å²) in [4.78, 5) is 4.81. The van der Waals surface area contributed by atoms with E-state index in [1.54, 1.807) is 24.3 Å². The van der Waals surface area contributed by atoms with Gasteiger partial charge >= 0.3 is 0 Å². The van der Waals surface area contributed by atoms with Crippen molar-refractivity contribution in [2.45, 2.75) is 4.90 Å². The number of benzene rings is 2. The van der Waals surface area contributed by atoms with Crippen molar-refractivity contribution in [3.05, 3.63) is 61.0 Å². The summed E-state index contributed by atoms with van der Waals surface area (Å²) < 4.78 is 29.4. The van der Waals surface area contributed by atoms with E-state index in [2.05, 4.69) is 5.59 Å². The normalized spacial score (nSPS) is 14.0. The van der Waals surface area contributed by atoms with Gasteiger partial charge in [0.15, 0.2) is 5.75 Å². The summed E-state index contributed by atoms with van der Waals surface area (Å²) in [5, 5.41) is 6.66. The first-order chi connectivity index (χ1) is 10.6. The molecule has 8 heteroatoms. The van der Waals surface area contributed by atoms with Gasteiger partial charge in [-0.15, -0.1) is 0 Å². The van der Waals surface area contributed by atoms with Crippen molar-refractivity contribution in [3.8, 4) is 11.5 Å². The summed E-state index contributed by atoms with van der Waals surface area (Å²) in [5.41, 5.74) is 2.77. The lowest BCUT2D eigenvalue weighted by Gasteiger charge is -2.20. The lowest BCUT2D eigenvalue weighted by molar-refractivity contribution is 0.158. The van der Waals surface area contributed by atoms with Crippen molar-refractivity contribution in [2.24, 2.45) is 5.14 Å². The largest absolute Gasteiger partial charge is 0.455 e. The smallest absolute Gasteiger partial charge is 0.240 e. The summed E-state index contributed by atoms with van der Waals surface area (Å²) in [5.74, 6) is 0.889. The van der Waals surface area contributed by atoms with Crippen LogP contribution in [0.1, 0.15) is 0 Å². The van der Waals surface area contributed by atoms with Gasteiger partial charge in [-0.2, -0.15) is 0 Å². The third-order valence-corrected chi connectivity index (χ3v) is 3.85. The summed E-state index contributed by atoms with van der Waals surface area (Å²) in [6.45, 7) is 0. The minimum Gasteiger partial charge on any atom is -0.455 e. The minimum atomic E-state index is -3.94. The molecule has 0 unspecified atom stereocenters. The molecular formula is C14H13N3O4S.